The van der Waals surface area contributed by atoms with Crippen molar-refractivity contribution in [2.45, 2.75) is 12.4 Å². The molecular weight excluding hydrogens is 420 g/mol. The number of benzene rings is 1. The number of rotatable bonds is 3. The van der Waals surface area contributed by atoms with Crippen LogP contribution in [0.2, 0.25) is 0 Å². The van der Waals surface area contributed by atoms with Gasteiger partial charge in [-0.15, -0.1) is 0 Å². The van der Waals surface area contributed by atoms with Crippen LogP contribution in [0.4, 0.5) is 13.2 Å². The molecule has 0 aliphatic rings. The molecule has 4 nitrogen and oxygen atoms in total. The van der Waals surface area contributed by atoms with Crippen molar-refractivity contribution in [1.29, 1.82) is 0 Å². The Hall–Kier alpha value is -1.10. The number of aryl methyl sites for hydroxylation is 2. The zero-order valence-electron chi connectivity index (χ0n) is 11.1. The standard InChI is InChI=1S/C12H12F3IN2O2S/c1-9-11(8-18(2)17-9)16(10-6-4-3-5-7-10)21(19,20)12(13,14)15/h3-8H,1-2H3. The van der Waals surface area contributed by atoms with Crippen LogP contribution in [0.25, 0.3) is 0 Å². The van der Waals surface area contributed by atoms with E-state index in [4.69, 9.17) is 0 Å². The van der Waals surface area contributed by atoms with Gasteiger partial charge in [-0.25, -0.2) is 0 Å². The Labute approximate surface area is 125 Å². The molecule has 21 heavy (non-hydrogen) atoms. The van der Waals surface area contributed by atoms with E-state index in [1.165, 1.54) is 42.1 Å². The molecule has 1 aromatic carbocycles. The first-order valence-corrected chi connectivity index (χ1v) is 11.9. The predicted octanol–water partition coefficient (Wildman–Crippen LogP) is 3.12. The van der Waals surface area contributed by atoms with Crippen molar-refractivity contribution in [2.75, 3.05) is 0 Å². The first-order chi connectivity index (χ1) is 9.64. The van der Waals surface area contributed by atoms with Crippen LogP contribution in [0.5, 0.6) is 0 Å². The van der Waals surface area contributed by atoms with Crippen molar-refractivity contribution in [2.24, 2.45) is 7.05 Å². The van der Waals surface area contributed by atoms with E-state index >= 15 is 0 Å². The molecular formula is C12H12F3IN2O2S. The molecule has 0 radical (unpaired) electrons. The molecule has 0 bridgehead atoms. The Balaban J connectivity index is 2.71. The minimum absolute atomic E-state index is 0.185. The molecule has 0 unspecified atom stereocenters. The van der Waals surface area contributed by atoms with E-state index < -0.39 is 31.0 Å². The fraction of sp³-hybridized carbons (Fsp3) is 0.250. The summed E-state index contributed by atoms with van der Waals surface area (Å²) >= 11 is -3.76. The summed E-state index contributed by atoms with van der Waals surface area (Å²) in [6.07, 6.45) is 1.37. The van der Waals surface area contributed by atoms with E-state index in [1.54, 1.807) is 13.1 Å². The Kier molecular flexibility index (Phi) is 4.34. The second-order valence-corrected chi connectivity index (χ2v) is 14.9. The zero-order chi connectivity index (χ0) is 15.8. The maximum atomic E-state index is 13.0. The van der Waals surface area contributed by atoms with Gasteiger partial charge in [0.15, 0.2) is 0 Å². The van der Waals surface area contributed by atoms with Gasteiger partial charge >= 0.3 is 126 Å². The van der Waals surface area contributed by atoms with E-state index in [-0.39, 0.29) is 7.14 Å². The molecule has 0 atom stereocenters. The summed E-state index contributed by atoms with van der Waals surface area (Å²) in [5.41, 5.74) is -4.95. The molecule has 1 heterocycles. The molecule has 0 saturated carbocycles. The van der Waals surface area contributed by atoms with E-state index in [0.29, 0.717) is 5.69 Å². The van der Waals surface area contributed by atoms with Crippen molar-refractivity contribution in [3.63, 3.8) is 0 Å². The van der Waals surface area contributed by atoms with Crippen molar-refractivity contribution in [3.05, 3.63) is 49.4 Å². The van der Waals surface area contributed by atoms with Crippen LogP contribution >= 0.6 is 18.4 Å². The topological polar surface area (TPSA) is 52.0 Å². The van der Waals surface area contributed by atoms with Crippen LogP contribution in [0.3, 0.4) is 0 Å². The second-order valence-electron chi connectivity index (χ2n) is 4.16. The van der Waals surface area contributed by atoms with Gasteiger partial charge in [-0.05, 0) is 0 Å². The van der Waals surface area contributed by atoms with Gasteiger partial charge in [0.2, 0.25) is 0 Å². The molecule has 0 aliphatic heterocycles. The summed E-state index contributed by atoms with van der Waals surface area (Å²) in [7, 11) is -3.70. The minimum atomic E-state index is -5.27. The third-order valence-electron chi connectivity index (χ3n) is 2.55. The Bertz CT molecular complexity index is 742. The van der Waals surface area contributed by atoms with Crippen molar-refractivity contribution < 1.29 is 21.6 Å². The van der Waals surface area contributed by atoms with Crippen LogP contribution in [0.1, 0.15) is 5.69 Å². The van der Waals surface area contributed by atoms with Crippen molar-refractivity contribution in [1.82, 2.24) is 9.78 Å². The quantitative estimate of drug-likeness (QED) is 0.554. The van der Waals surface area contributed by atoms with Crippen LogP contribution in [0.15, 0.2) is 36.5 Å². The van der Waals surface area contributed by atoms with Crippen LogP contribution in [-0.2, 0) is 14.1 Å². The van der Waals surface area contributed by atoms with Crippen LogP contribution in [0, 0.1) is 14.1 Å². The van der Waals surface area contributed by atoms with Gasteiger partial charge in [0.25, 0.3) is 0 Å². The fourth-order valence-electron chi connectivity index (χ4n) is 1.70. The second kappa shape index (κ2) is 5.59. The Morgan fingerprint density at radius 2 is 1.76 bits per heavy atom. The number of hydrogen-bond acceptors (Lipinski definition) is 3. The van der Waals surface area contributed by atoms with Gasteiger partial charge in [-0.3, -0.25) is 0 Å². The van der Waals surface area contributed by atoms with E-state index in [1.807, 2.05) is 0 Å². The summed E-state index contributed by atoms with van der Waals surface area (Å²) in [6.45, 7) is 1.52. The number of hydrogen-bond donors (Lipinski definition) is 0. The fourth-order valence-corrected chi connectivity index (χ4v) is 12.6. The molecule has 1 aromatic heterocycles. The molecule has 0 spiro atoms. The Morgan fingerprint density at radius 1 is 1.19 bits per heavy atom. The van der Waals surface area contributed by atoms with Gasteiger partial charge in [0.1, 0.15) is 0 Å². The molecule has 0 amide bonds. The van der Waals surface area contributed by atoms with Gasteiger partial charge in [-0.1, -0.05) is 0 Å². The van der Waals surface area contributed by atoms with E-state index in [2.05, 4.69) is 5.10 Å². The molecule has 0 aliphatic carbocycles. The summed E-state index contributed by atoms with van der Waals surface area (Å²) in [5, 5.41) is 3.98. The molecule has 0 N–H and O–H groups in total. The van der Waals surface area contributed by atoms with E-state index in [0.717, 1.165) is 0 Å². The Morgan fingerprint density at radius 3 is 2.19 bits per heavy atom. The molecule has 0 fully saturated rings. The van der Waals surface area contributed by atoms with Crippen LogP contribution in [-0.4, -0.2) is 23.7 Å². The zero-order valence-corrected chi connectivity index (χ0v) is 14.1. The normalized spacial score (nSPS) is 13.3. The first-order valence-electron chi connectivity index (χ1n) is 5.72. The predicted molar refractivity (Wildman–Crippen MR) is 80.8 cm³/mol. The summed E-state index contributed by atoms with van der Waals surface area (Å²) in [5.74, 6) is 0. The maximum absolute atomic E-state index is 13.0. The average Bonchev–Trinajstić information content (AvgIpc) is 2.68. The third-order valence-corrected chi connectivity index (χ3v) is 14.8. The molecule has 9 heteroatoms. The van der Waals surface area contributed by atoms with Crippen molar-refractivity contribution >= 4 is 25.4 Å². The van der Waals surface area contributed by atoms with Gasteiger partial charge in [-0.2, -0.15) is 0 Å². The SMILES string of the molecule is Cc1nn(C)cc1I(c1ccccc1)S(=O)(=O)C(F)(F)F. The number of alkyl halides is 3. The number of aromatic nitrogens is 2. The van der Waals surface area contributed by atoms with Crippen LogP contribution < -0.4 is 0 Å². The molecule has 2 aromatic rings. The monoisotopic (exact) mass is 432 g/mol. The van der Waals surface area contributed by atoms with Gasteiger partial charge < -0.3 is 0 Å². The molecule has 116 valence electrons. The first kappa shape index (κ1) is 16.3. The van der Waals surface area contributed by atoms with E-state index in [9.17, 15) is 21.6 Å². The number of halogens is 4. The molecule has 2 rings (SSSR count). The molecule has 0 saturated heterocycles. The summed E-state index contributed by atoms with van der Waals surface area (Å²) in [4.78, 5) is 0. The number of nitrogens with zero attached hydrogens (tertiary/aromatic N) is 2. The van der Waals surface area contributed by atoms with Crippen molar-refractivity contribution in [3.8, 4) is 0 Å². The third kappa shape index (κ3) is 3.07. The van der Waals surface area contributed by atoms with Gasteiger partial charge in [0, 0.05) is 0 Å². The van der Waals surface area contributed by atoms with Gasteiger partial charge in [0.05, 0.1) is 0 Å². The average molecular weight is 432 g/mol. The summed E-state index contributed by atoms with van der Waals surface area (Å²) in [6, 6.07) is 7.57. The summed E-state index contributed by atoms with van der Waals surface area (Å²) < 4.78 is 64.8.